The molecule has 2 N–H and O–H groups in total. The maximum Gasteiger partial charge on any atom is 0.472 e. The number of phosphoric ester groups is 1. The third kappa shape index (κ3) is 51.2. The van der Waals surface area contributed by atoms with Crippen molar-refractivity contribution in [3.63, 3.8) is 0 Å². The zero-order chi connectivity index (χ0) is 50.8. The summed E-state index contributed by atoms with van der Waals surface area (Å²) in [6.45, 7) is 7.02. The lowest BCUT2D eigenvalue weighted by atomic mass is 10.0. The molecule has 0 saturated heterocycles. The standard InChI is InChI=1S/C59H115N2O7P/c1-7-10-13-16-19-22-25-27-28-29-30-31-32-34-36-39-42-45-48-51-58(62)60-56(55-67-69(64,65)66-54-53-61(4,5)6)57(50-47-44-41-38-35-24-21-18-15-12-9-3)68-59(63)52-49-46-43-40-37-33-26-23-20-17-14-11-8-2/h33,37,47,50,56-57H,7-32,34-36,38-46,48-49,51-55H2,1-6H3,(H-,60,62,64,65)/p+1/b37-33-,50-47+. The number of phosphoric acid groups is 1. The number of nitrogens with one attached hydrogen (secondary N) is 1. The van der Waals surface area contributed by atoms with Gasteiger partial charge in [0.1, 0.15) is 19.3 Å². The summed E-state index contributed by atoms with van der Waals surface area (Å²) in [7, 11) is 1.50. The lowest BCUT2D eigenvalue weighted by Gasteiger charge is -2.27. The lowest BCUT2D eigenvalue weighted by Crippen LogP contribution is -2.47. The van der Waals surface area contributed by atoms with E-state index in [0.717, 1.165) is 70.6 Å². The molecule has 9 nitrogen and oxygen atoms in total. The number of unbranched alkanes of at least 4 members (excludes halogenated alkanes) is 36. The number of quaternary nitrogens is 1. The Morgan fingerprint density at radius 2 is 0.841 bits per heavy atom. The second-order valence-electron chi connectivity index (χ2n) is 21.5. The van der Waals surface area contributed by atoms with Gasteiger partial charge < -0.3 is 19.4 Å². The minimum atomic E-state index is -4.44. The molecule has 408 valence electrons. The minimum Gasteiger partial charge on any atom is -0.456 e. The van der Waals surface area contributed by atoms with Crippen molar-refractivity contribution in [3.05, 3.63) is 24.3 Å². The fraction of sp³-hybridized carbons (Fsp3) is 0.898. The molecule has 0 aromatic rings. The van der Waals surface area contributed by atoms with E-state index < -0.39 is 20.0 Å². The third-order valence-electron chi connectivity index (χ3n) is 13.4. The molecule has 0 heterocycles. The van der Waals surface area contributed by atoms with Gasteiger partial charge in [0.25, 0.3) is 0 Å². The predicted molar refractivity (Wildman–Crippen MR) is 296 cm³/mol. The molecule has 69 heavy (non-hydrogen) atoms. The van der Waals surface area contributed by atoms with E-state index in [0.29, 0.717) is 17.4 Å². The maximum absolute atomic E-state index is 13.5. The number of esters is 1. The summed E-state index contributed by atoms with van der Waals surface area (Å²) in [6, 6.07) is -0.847. The Morgan fingerprint density at radius 1 is 0.493 bits per heavy atom. The first-order valence-corrected chi connectivity index (χ1v) is 31.2. The molecule has 0 aliphatic rings. The first-order chi connectivity index (χ1) is 33.4. The summed E-state index contributed by atoms with van der Waals surface area (Å²) in [5.74, 6) is -0.511. The Kier molecular flexibility index (Phi) is 48.9. The van der Waals surface area contributed by atoms with Crippen molar-refractivity contribution in [2.24, 2.45) is 0 Å². The molecule has 10 heteroatoms. The zero-order valence-corrected chi connectivity index (χ0v) is 47.5. The van der Waals surface area contributed by atoms with Crippen LogP contribution in [-0.2, 0) is 27.9 Å². The van der Waals surface area contributed by atoms with Crippen LogP contribution in [0.25, 0.3) is 0 Å². The van der Waals surface area contributed by atoms with Gasteiger partial charge in [0.2, 0.25) is 5.91 Å². The number of likely N-dealkylation sites (N-methyl/N-ethyl adjacent to an activating group) is 1. The summed E-state index contributed by atoms with van der Waals surface area (Å²) in [5.41, 5.74) is 0. The molecular formula is C59H116N2O7P+. The first kappa shape index (κ1) is 67.5. The summed E-state index contributed by atoms with van der Waals surface area (Å²) in [6.07, 6.45) is 57.4. The fourth-order valence-corrected chi connectivity index (χ4v) is 9.50. The molecule has 0 spiro atoms. The molecule has 0 bridgehead atoms. The zero-order valence-electron chi connectivity index (χ0n) is 46.6. The van der Waals surface area contributed by atoms with E-state index in [2.05, 4.69) is 38.2 Å². The molecule has 0 rings (SSSR count). The van der Waals surface area contributed by atoms with Gasteiger partial charge in [0.05, 0.1) is 33.8 Å². The highest BCUT2D eigenvalue weighted by molar-refractivity contribution is 7.47. The van der Waals surface area contributed by atoms with E-state index in [1.54, 1.807) is 0 Å². The van der Waals surface area contributed by atoms with Crippen LogP contribution in [0.15, 0.2) is 24.3 Å². The van der Waals surface area contributed by atoms with Gasteiger partial charge in [-0.3, -0.25) is 18.6 Å². The molecule has 0 aliphatic carbocycles. The van der Waals surface area contributed by atoms with Crippen molar-refractivity contribution in [1.82, 2.24) is 5.32 Å². The van der Waals surface area contributed by atoms with E-state index in [1.807, 2.05) is 33.3 Å². The molecule has 0 aromatic carbocycles. The SMILES string of the molecule is CCCCCCCC/C=C\CCCCCC(=O)OC(/C=C/CCCCCCCCCCC)C(COP(=O)(O)OCC[N+](C)(C)C)NC(=O)CCCCCCCCCCCCCCCCCCCCC. The van der Waals surface area contributed by atoms with Crippen molar-refractivity contribution in [3.8, 4) is 0 Å². The number of nitrogens with zero attached hydrogens (tertiary/aromatic N) is 1. The number of allylic oxidation sites excluding steroid dienone is 3. The quantitative estimate of drug-likeness (QED) is 0.0205. The van der Waals surface area contributed by atoms with Crippen LogP contribution >= 0.6 is 7.82 Å². The van der Waals surface area contributed by atoms with Crippen LogP contribution in [0.2, 0.25) is 0 Å². The highest BCUT2D eigenvalue weighted by Gasteiger charge is 2.30. The highest BCUT2D eigenvalue weighted by atomic mass is 31.2. The van der Waals surface area contributed by atoms with Crippen LogP contribution in [-0.4, -0.2) is 74.3 Å². The first-order valence-electron chi connectivity index (χ1n) is 29.7. The van der Waals surface area contributed by atoms with Gasteiger partial charge in [-0.05, 0) is 57.4 Å². The van der Waals surface area contributed by atoms with Crippen LogP contribution < -0.4 is 5.32 Å². The van der Waals surface area contributed by atoms with Crippen molar-refractivity contribution < 1.29 is 37.3 Å². The normalized spacial score (nSPS) is 13.9. The largest absolute Gasteiger partial charge is 0.472 e. The number of carbonyl (C=O) groups is 2. The van der Waals surface area contributed by atoms with Gasteiger partial charge in [-0.15, -0.1) is 0 Å². The van der Waals surface area contributed by atoms with Gasteiger partial charge in [0.15, 0.2) is 0 Å². The van der Waals surface area contributed by atoms with Gasteiger partial charge in [-0.2, -0.15) is 0 Å². The van der Waals surface area contributed by atoms with E-state index >= 15 is 0 Å². The van der Waals surface area contributed by atoms with Crippen LogP contribution in [0.3, 0.4) is 0 Å². The van der Waals surface area contributed by atoms with E-state index in [-0.39, 0.29) is 31.5 Å². The second-order valence-corrected chi connectivity index (χ2v) is 23.0. The van der Waals surface area contributed by atoms with Crippen LogP contribution in [0.5, 0.6) is 0 Å². The second kappa shape index (κ2) is 50.0. The van der Waals surface area contributed by atoms with E-state index in [1.165, 1.54) is 186 Å². The Morgan fingerprint density at radius 3 is 1.25 bits per heavy atom. The van der Waals surface area contributed by atoms with Gasteiger partial charge in [-0.1, -0.05) is 244 Å². The molecule has 0 aromatic heterocycles. The summed E-state index contributed by atoms with van der Waals surface area (Å²) in [5, 5.41) is 3.05. The van der Waals surface area contributed by atoms with Crippen molar-refractivity contribution in [2.45, 2.75) is 303 Å². The van der Waals surface area contributed by atoms with Gasteiger partial charge in [0, 0.05) is 12.8 Å². The Hall–Kier alpha value is -1.51. The molecule has 0 saturated carbocycles. The smallest absolute Gasteiger partial charge is 0.456 e. The van der Waals surface area contributed by atoms with Crippen molar-refractivity contribution in [2.75, 3.05) is 40.9 Å². The Balaban J connectivity index is 5.23. The van der Waals surface area contributed by atoms with E-state index in [4.69, 9.17) is 13.8 Å². The Labute approximate surface area is 428 Å². The molecule has 0 fully saturated rings. The average molecular weight is 997 g/mol. The van der Waals surface area contributed by atoms with Crippen LogP contribution in [0, 0.1) is 0 Å². The number of carbonyl (C=O) groups excluding carboxylic acids is 2. The lowest BCUT2D eigenvalue weighted by molar-refractivity contribution is -0.870. The van der Waals surface area contributed by atoms with Gasteiger partial charge in [-0.25, -0.2) is 4.57 Å². The molecular weight excluding hydrogens is 880 g/mol. The number of rotatable bonds is 54. The molecule has 1 amide bonds. The number of hydrogen-bond donors (Lipinski definition) is 2. The number of ether oxygens (including phenoxy) is 1. The molecule has 3 atom stereocenters. The van der Waals surface area contributed by atoms with Gasteiger partial charge >= 0.3 is 13.8 Å². The molecule has 0 radical (unpaired) electrons. The molecule has 3 unspecified atom stereocenters. The summed E-state index contributed by atoms with van der Waals surface area (Å²) in [4.78, 5) is 37.6. The predicted octanol–water partition coefficient (Wildman–Crippen LogP) is 17.8. The topological polar surface area (TPSA) is 111 Å². The highest BCUT2D eigenvalue weighted by Crippen LogP contribution is 2.43. The molecule has 0 aliphatic heterocycles. The summed E-state index contributed by atoms with van der Waals surface area (Å²) < 4.78 is 30.6. The van der Waals surface area contributed by atoms with E-state index in [9.17, 15) is 19.0 Å². The summed E-state index contributed by atoms with van der Waals surface area (Å²) >= 11 is 0. The number of amides is 1. The third-order valence-corrected chi connectivity index (χ3v) is 14.4. The minimum absolute atomic E-state index is 0.0413. The maximum atomic E-state index is 13.5. The fourth-order valence-electron chi connectivity index (χ4n) is 8.76. The van der Waals surface area contributed by atoms with Crippen molar-refractivity contribution in [1.29, 1.82) is 0 Å². The van der Waals surface area contributed by atoms with Crippen LogP contribution in [0.1, 0.15) is 290 Å². The van der Waals surface area contributed by atoms with Crippen molar-refractivity contribution >= 4 is 19.7 Å². The monoisotopic (exact) mass is 996 g/mol. The average Bonchev–Trinajstić information content (AvgIpc) is 3.31. The number of hydrogen-bond acceptors (Lipinski definition) is 6. The Bertz CT molecular complexity index is 1240. The van der Waals surface area contributed by atoms with Crippen LogP contribution in [0.4, 0.5) is 0 Å².